The van der Waals surface area contributed by atoms with Gasteiger partial charge in [0.1, 0.15) is 5.82 Å². The third kappa shape index (κ3) is 7.96. The Bertz CT molecular complexity index is 1620. The van der Waals surface area contributed by atoms with Crippen LogP contribution >= 0.6 is 11.6 Å². The number of nitrogens with zero attached hydrogens (tertiary/aromatic N) is 2. The second-order valence-corrected chi connectivity index (χ2v) is 8.79. The predicted octanol–water partition coefficient (Wildman–Crippen LogP) is 7.17. The lowest BCUT2D eigenvalue weighted by atomic mass is 10.0. The van der Waals surface area contributed by atoms with Gasteiger partial charge in [0.25, 0.3) is 5.91 Å². The Morgan fingerprint density at radius 2 is 1.80 bits per heavy atom. The Morgan fingerprint density at radius 3 is 2.51 bits per heavy atom. The number of hydrogen-bond acceptors (Lipinski definition) is 5. The van der Waals surface area contributed by atoms with Crippen LogP contribution in [0.1, 0.15) is 70.8 Å². The second kappa shape index (κ2) is 16.2. The highest BCUT2D eigenvalue weighted by molar-refractivity contribution is 6.35. The van der Waals surface area contributed by atoms with E-state index in [0.717, 1.165) is 22.8 Å². The van der Waals surface area contributed by atoms with Crippen LogP contribution in [-0.4, -0.2) is 34.2 Å². The lowest BCUT2D eigenvalue weighted by Crippen LogP contribution is -2.23. The Kier molecular flexibility index (Phi) is 13.1. The minimum atomic E-state index is -0.462. The van der Waals surface area contributed by atoms with Crippen molar-refractivity contribution >= 4 is 45.6 Å². The minimum Gasteiger partial charge on any atom is -0.360 e. The zero-order valence-electron chi connectivity index (χ0n) is 24.3. The van der Waals surface area contributed by atoms with Crippen molar-refractivity contribution in [3.05, 3.63) is 105 Å². The van der Waals surface area contributed by atoms with Crippen molar-refractivity contribution in [2.45, 2.75) is 47.6 Å². The van der Waals surface area contributed by atoms with E-state index >= 15 is 0 Å². The molecule has 0 unspecified atom stereocenters. The molecule has 0 bridgehead atoms. The Labute approximate surface area is 245 Å². The number of carbonyl (C=O) groups excluding carboxylic acids is 2. The molecule has 0 saturated heterocycles. The van der Waals surface area contributed by atoms with Gasteiger partial charge >= 0.3 is 0 Å². The number of nitrogens with one attached hydrogen (secondary N) is 2. The lowest BCUT2D eigenvalue weighted by Gasteiger charge is -2.09. The largest absolute Gasteiger partial charge is 0.360 e. The Morgan fingerprint density at radius 1 is 1.07 bits per heavy atom. The fourth-order valence-corrected chi connectivity index (χ4v) is 4.41. The summed E-state index contributed by atoms with van der Waals surface area (Å²) in [6.45, 7) is 9.96. The van der Waals surface area contributed by atoms with Crippen LogP contribution in [0.3, 0.4) is 0 Å². The van der Waals surface area contributed by atoms with Gasteiger partial charge in [0.05, 0.1) is 15.9 Å². The van der Waals surface area contributed by atoms with Crippen LogP contribution in [0.15, 0.2) is 61.1 Å². The van der Waals surface area contributed by atoms with E-state index in [1.54, 1.807) is 42.7 Å². The summed E-state index contributed by atoms with van der Waals surface area (Å²) in [5.41, 5.74) is 9.55. The number of aromatic nitrogens is 3. The van der Waals surface area contributed by atoms with Crippen LogP contribution in [0.25, 0.3) is 21.8 Å². The molecular formula is C32H37ClFN5O2. The smallest absolute Gasteiger partial charge is 0.251 e. The molecule has 0 fully saturated rings. The van der Waals surface area contributed by atoms with E-state index in [0.29, 0.717) is 50.2 Å². The van der Waals surface area contributed by atoms with Crippen LogP contribution in [0.5, 0.6) is 0 Å². The van der Waals surface area contributed by atoms with Gasteiger partial charge in [-0.3, -0.25) is 19.6 Å². The summed E-state index contributed by atoms with van der Waals surface area (Å²) in [5, 5.41) is 4.23. The quantitative estimate of drug-likeness (QED) is 0.185. The molecule has 4 N–H and O–H groups in total. The molecule has 0 radical (unpaired) electrons. The van der Waals surface area contributed by atoms with E-state index in [4.69, 9.17) is 11.6 Å². The van der Waals surface area contributed by atoms with Gasteiger partial charge in [0, 0.05) is 64.8 Å². The molecule has 0 atom stereocenters. The molecule has 3 heterocycles. The first-order valence-corrected chi connectivity index (χ1v) is 13.9. The SMILES string of the molecule is CC.CC.CN.Cc1cnc2c(C=O)cc(Cc3cc(C(=O)NCc4ccc5[nH]cc(Cl)c5c4F)ccn3)cc2c1. The van der Waals surface area contributed by atoms with Crippen molar-refractivity contribution < 1.29 is 14.0 Å². The van der Waals surface area contributed by atoms with Gasteiger partial charge in [-0.25, -0.2) is 4.39 Å². The van der Waals surface area contributed by atoms with Crippen molar-refractivity contribution in [1.82, 2.24) is 20.3 Å². The van der Waals surface area contributed by atoms with E-state index < -0.39 is 5.82 Å². The fourth-order valence-electron chi connectivity index (χ4n) is 4.17. The lowest BCUT2D eigenvalue weighted by molar-refractivity contribution is 0.0950. The molecule has 0 aliphatic carbocycles. The third-order valence-corrected chi connectivity index (χ3v) is 6.15. The van der Waals surface area contributed by atoms with Crippen LogP contribution in [-0.2, 0) is 13.0 Å². The molecule has 5 aromatic rings. The molecule has 7 nitrogen and oxygen atoms in total. The van der Waals surface area contributed by atoms with E-state index in [-0.39, 0.29) is 12.5 Å². The monoisotopic (exact) mass is 577 g/mol. The maximum absolute atomic E-state index is 14.8. The average Bonchev–Trinajstić information content (AvgIpc) is 3.40. The van der Waals surface area contributed by atoms with Crippen molar-refractivity contribution in [2.24, 2.45) is 5.73 Å². The number of halogens is 2. The number of hydrogen-bond donors (Lipinski definition) is 3. The number of benzene rings is 2. The van der Waals surface area contributed by atoms with Crippen molar-refractivity contribution in [1.29, 1.82) is 0 Å². The molecule has 216 valence electrons. The molecule has 1 amide bonds. The van der Waals surface area contributed by atoms with E-state index in [1.807, 2.05) is 46.8 Å². The maximum atomic E-state index is 14.8. The maximum Gasteiger partial charge on any atom is 0.251 e. The van der Waals surface area contributed by atoms with Crippen molar-refractivity contribution in [3.63, 3.8) is 0 Å². The molecule has 0 aliphatic rings. The first-order valence-electron chi connectivity index (χ1n) is 13.5. The number of aryl methyl sites for hydroxylation is 1. The van der Waals surface area contributed by atoms with Crippen LogP contribution < -0.4 is 11.1 Å². The topological polar surface area (TPSA) is 114 Å². The molecular weight excluding hydrogens is 541 g/mol. The number of amides is 1. The summed E-state index contributed by atoms with van der Waals surface area (Å²) < 4.78 is 14.8. The van der Waals surface area contributed by atoms with Gasteiger partial charge in [-0.1, -0.05) is 45.4 Å². The van der Waals surface area contributed by atoms with Gasteiger partial charge < -0.3 is 16.0 Å². The summed E-state index contributed by atoms with van der Waals surface area (Å²) in [6.07, 6.45) is 6.05. The predicted molar refractivity (Wildman–Crippen MR) is 166 cm³/mol. The van der Waals surface area contributed by atoms with Gasteiger partial charge in [0.15, 0.2) is 6.29 Å². The van der Waals surface area contributed by atoms with Gasteiger partial charge in [-0.2, -0.15) is 0 Å². The summed E-state index contributed by atoms with van der Waals surface area (Å²) >= 11 is 6.06. The number of aldehydes is 1. The molecule has 9 heteroatoms. The highest BCUT2D eigenvalue weighted by atomic mass is 35.5. The molecule has 0 aliphatic heterocycles. The van der Waals surface area contributed by atoms with Gasteiger partial charge in [0.2, 0.25) is 0 Å². The molecule has 41 heavy (non-hydrogen) atoms. The summed E-state index contributed by atoms with van der Waals surface area (Å²) in [5.74, 6) is -0.809. The number of pyridine rings is 2. The average molecular weight is 578 g/mol. The number of aromatic amines is 1. The number of H-pyrrole nitrogens is 1. The van der Waals surface area contributed by atoms with Crippen molar-refractivity contribution in [2.75, 3.05) is 7.05 Å². The fraction of sp³-hybridized carbons (Fsp3) is 0.250. The van der Waals surface area contributed by atoms with E-state index in [2.05, 4.69) is 26.0 Å². The Balaban J connectivity index is 0.000000921. The highest BCUT2D eigenvalue weighted by Gasteiger charge is 2.14. The van der Waals surface area contributed by atoms with Crippen LogP contribution in [0.4, 0.5) is 4.39 Å². The number of fused-ring (bicyclic) bond motifs is 2. The third-order valence-electron chi connectivity index (χ3n) is 5.85. The molecule has 0 saturated carbocycles. The van der Waals surface area contributed by atoms with Crippen molar-refractivity contribution in [3.8, 4) is 0 Å². The van der Waals surface area contributed by atoms with Crippen LogP contribution in [0.2, 0.25) is 5.02 Å². The molecule has 3 aromatic heterocycles. The second-order valence-electron chi connectivity index (χ2n) is 8.38. The number of carbonyl (C=O) groups is 2. The first kappa shape index (κ1) is 33.1. The minimum absolute atomic E-state index is 0.0134. The Hall–Kier alpha value is -4.14. The van der Waals surface area contributed by atoms with Gasteiger partial charge in [-0.05, 0) is 61.5 Å². The summed E-state index contributed by atoms with van der Waals surface area (Å²) in [6, 6.07) is 12.4. The zero-order valence-corrected chi connectivity index (χ0v) is 25.1. The van der Waals surface area contributed by atoms with Crippen LogP contribution in [0, 0.1) is 12.7 Å². The van der Waals surface area contributed by atoms with E-state index in [9.17, 15) is 14.0 Å². The van der Waals surface area contributed by atoms with E-state index in [1.165, 1.54) is 13.2 Å². The zero-order chi connectivity index (χ0) is 30.5. The summed E-state index contributed by atoms with van der Waals surface area (Å²) in [7, 11) is 1.50. The summed E-state index contributed by atoms with van der Waals surface area (Å²) in [4.78, 5) is 36.0. The number of rotatable bonds is 6. The normalized spacial score (nSPS) is 9.98. The standard InChI is InChI=1S/C27H20ClFN4O2.2C2H6.CH5N/c1-15-6-19-7-16(8-20(14-34)26(19)32-11-15)9-21-10-17(4-5-30-21)27(35)33-12-18-2-3-23-24(25(18)29)22(28)13-31-23;3*1-2/h2-8,10-11,13-14,31H,9,12H2,1H3,(H,33,35);2*1-2H3;2H2,1H3. The molecule has 2 aromatic carbocycles. The molecule has 0 spiro atoms. The van der Waals surface area contributed by atoms with Gasteiger partial charge in [-0.15, -0.1) is 0 Å². The highest BCUT2D eigenvalue weighted by Crippen LogP contribution is 2.28. The molecule has 5 rings (SSSR count). The first-order chi connectivity index (χ1) is 19.9. The number of nitrogens with two attached hydrogens (primary N) is 1.